The van der Waals surface area contributed by atoms with E-state index in [0.29, 0.717) is 5.69 Å². The number of nitrogens with one attached hydrogen (secondary N) is 1. The predicted molar refractivity (Wildman–Crippen MR) is 92.6 cm³/mol. The van der Waals surface area contributed by atoms with Crippen LogP contribution in [0.5, 0.6) is 0 Å². The molecule has 0 saturated carbocycles. The zero-order chi connectivity index (χ0) is 17.3. The van der Waals surface area contributed by atoms with Gasteiger partial charge in [-0.05, 0) is 37.3 Å². The van der Waals surface area contributed by atoms with Crippen LogP contribution in [0.4, 0.5) is 5.69 Å². The number of benzene rings is 1. The Morgan fingerprint density at radius 1 is 1.25 bits per heavy atom. The van der Waals surface area contributed by atoms with Crippen molar-refractivity contribution in [1.29, 1.82) is 0 Å². The number of amides is 1. The maximum Gasteiger partial charge on any atom is 0.238 e. The smallest absolute Gasteiger partial charge is 0.238 e. The fourth-order valence-electron chi connectivity index (χ4n) is 3.03. The molecular weight excluding hydrogens is 326 g/mol. The lowest BCUT2D eigenvalue weighted by molar-refractivity contribution is -0.118. The molecular formula is C17H21N3O3S. The zero-order valence-electron chi connectivity index (χ0n) is 13.8. The Hall–Kier alpha value is -2.12. The number of carbonyl (C=O) groups is 1. The summed E-state index contributed by atoms with van der Waals surface area (Å²) in [6, 6.07) is 10.6. The van der Waals surface area contributed by atoms with Crippen molar-refractivity contribution < 1.29 is 13.2 Å². The van der Waals surface area contributed by atoms with Gasteiger partial charge in [0.05, 0.1) is 11.4 Å². The third-order valence-electron chi connectivity index (χ3n) is 4.36. The lowest BCUT2D eigenvalue weighted by Gasteiger charge is -2.34. The van der Waals surface area contributed by atoms with E-state index in [1.807, 2.05) is 6.07 Å². The molecule has 7 heteroatoms. The molecule has 0 saturated heterocycles. The molecule has 0 fully saturated rings. The van der Waals surface area contributed by atoms with Crippen LogP contribution < -0.4 is 5.32 Å². The Morgan fingerprint density at radius 2 is 2.04 bits per heavy atom. The Kier molecular flexibility index (Phi) is 4.47. The van der Waals surface area contributed by atoms with E-state index >= 15 is 0 Å². The summed E-state index contributed by atoms with van der Waals surface area (Å²) in [7, 11) is -3.29. The van der Waals surface area contributed by atoms with E-state index in [-0.39, 0.29) is 23.4 Å². The van der Waals surface area contributed by atoms with Gasteiger partial charge in [-0.15, -0.1) is 0 Å². The number of sulfone groups is 1. The van der Waals surface area contributed by atoms with Crippen molar-refractivity contribution >= 4 is 21.4 Å². The number of nitrogens with zero attached hydrogens (tertiary/aromatic N) is 2. The normalized spacial score (nSPS) is 18.2. The summed E-state index contributed by atoms with van der Waals surface area (Å²) in [4.78, 5) is 14.6. The third kappa shape index (κ3) is 3.52. The van der Waals surface area contributed by atoms with E-state index in [4.69, 9.17) is 0 Å². The van der Waals surface area contributed by atoms with Crippen LogP contribution in [0.25, 0.3) is 0 Å². The molecule has 24 heavy (non-hydrogen) atoms. The van der Waals surface area contributed by atoms with Gasteiger partial charge >= 0.3 is 0 Å². The molecule has 2 aromatic rings. The highest BCUT2D eigenvalue weighted by atomic mass is 32.2. The Labute approximate surface area is 142 Å². The van der Waals surface area contributed by atoms with E-state index in [9.17, 15) is 13.2 Å². The topological polar surface area (TPSA) is 71.4 Å². The van der Waals surface area contributed by atoms with Gasteiger partial charge in [0, 0.05) is 43.0 Å². The van der Waals surface area contributed by atoms with E-state index in [1.54, 1.807) is 12.1 Å². The molecule has 3 rings (SSSR count). The van der Waals surface area contributed by atoms with Crippen molar-refractivity contribution in [3.63, 3.8) is 0 Å². The maximum absolute atomic E-state index is 12.3. The number of aromatic nitrogens is 1. The van der Waals surface area contributed by atoms with Gasteiger partial charge in [-0.1, -0.05) is 6.07 Å². The summed E-state index contributed by atoms with van der Waals surface area (Å²) in [5, 5.41) is 2.79. The lowest BCUT2D eigenvalue weighted by Crippen LogP contribution is -2.41. The lowest BCUT2D eigenvalue weighted by atomic mass is 10.1. The average molecular weight is 347 g/mol. The highest BCUT2D eigenvalue weighted by molar-refractivity contribution is 7.90. The first kappa shape index (κ1) is 16.7. The second-order valence-corrected chi connectivity index (χ2v) is 8.14. The van der Waals surface area contributed by atoms with Gasteiger partial charge in [-0.2, -0.15) is 0 Å². The van der Waals surface area contributed by atoms with Gasteiger partial charge in [0.25, 0.3) is 0 Å². The minimum absolute atomic E-state index is 0.146. The molecule has 2 heterocycles. The minimum Gasteiger partial charge on any atom is -0.349 e. The number of hydrogen-bond donors (Lipinski definition) is 1. The van der Waals surface area contributed by atoms with Crippen molar-refractivity contribution in [2.24, 2.45) is 0 Å². The second kappa shape index (κ2) is 6.41. The number of anilines is 1. The summed E-state index contributed by atoms with van der Waals surface area (Å²) in [5.74, 6) is -0.146. The SMILES string of the molecule is CC1c2cccn2CCN1CC(=O)Nc1cccc(S(C)(=O)=O)c1. The first-order valence-electron chi connectivity index (χ1n) is 7.83. The molecule has 1 aromatic heterocycles. The van der Waals surface area contributed by atoms with Crippen LogP contribution >= 0.6 is 0 Å². The number of fused-ring (bicyclic) bond motifs is 1. The van der Waals surface area contributed by atoms with Crippen LogP contribution in [0.15, 0.2) is 47.5 Å². The van der Waals surface area contributed by atoms with Crippen molar-refractivity contribution in [2.45, 2.75) is 24.4 Å². The quantitative estimate of drug-likeness (QED) is 0.917. The summed E-state index contributed by atoms with van der Waals surface area (Å²) in [5.41, 5.74) is 1.70. The van der Waals surface area contributed by atoms with E-state index in [0.717, 1.165) is 19.3 Å². The summed E-state index contributed by atoms with van der Waals surface area (Å²) in [6.45, 7) is 4.03. The molecule has 0 spiro atoms. The van der Waals surface area contributed by atoms with Crippen LogP contribution in [0.2, 0.25) is 0 Å². The van der Waals surface area contributed by atoms with Gasteiger partial charge in [0.1, 0.15) is 0 Å². The van der Waals surface area contributed by atoms with Crippen LogP contribution in [-0.4, -0.2) is 43.1 Å². The highest BCUT2D eigenvalue weighted by Crippen LogP contribution is 2.25. The molecule has 0 aliphatic carbocycles. The first-order chi connectivity index (χ1) is 11.3. The molecule has 1 amide bonds. The van der Waals surface area contributed by atoms with Crippen LogP contribution in [-0.2, 0) is 21.2 Å². The largest absolute Gasteiger partial charge is 0.349 e. The van der Waals surface area contributed by atoms with Crippen LogP contribution in [0, 0.1) is 0 Å². The van der Waals surface area contributed by atoms with Gasteiger partial charge in [0.2, 0.25) is 5.91 Å². The van der Waals surface area contributed by atoms with E-state index in [1.165, 1.54) is 17.8 Å². The summed E-state index contributed by atoms with van der Waals surface area (Å²) in [6.07, 6.45) is 3.21. The molecule has 1 aromatic carbocycles. The third-order valence-corrected chi connectivity index (χ3v) is 5.47. The molecule has 1 N–H and O–H groups in total. The Balaban J connectivity index is 1.67. The number of carbonyl (C=O) groups excluding carboxylic acids is 1. The fourth-order valence-corrected chi connectivity index (χ4v) is 3.70. The molecule has 0 bridgehead atoms. The summed E-state index contributed by atoms with van der Waals surface area (Å²) < 4.78 is 25.4. The van der Waals surface area contributed by atoms with Crippen LogP contribution in [0.1, 0.15) is 18.7 Å². The second-order valence-electron chi connectivity index (χ2n) is 6.12. The molecule has 1 unspecified atom stereocenters. The van der Waals surface area contributed by atoms with Crippen molar-refractivity contribution in [3.8, 4) is 0 Å². The fraction of sp³-hybridized carbons (Fsp3) is 0.353. The van der Waals surface area contributed by atoms with Crippen molar-refractivity contribution in [1.82, 2.24) is 9.47 Å². The maximum atomic E-state index is 12.3. The van der Waals surface area contributed by atoms with E-state index < -0.39 is 9.84 Å². The highest BCUT2D eigenvalue weighted by Gasteiger charge is 2.25. The zero-order valence-corrected chi connectivity index (χ0v) is 14.6. The van der Waals surface area contributed by atoms with Gasteiger partial charge in [0.15, 0.2) is 9.84 Å². The van der Waals surface area contributed by atoms with Crippen molar-refractivity contribution in [3.05, 3.63) is 48.3 Å². The van der Waals surface area contributed by atoms with Gasteiger partial charge < -0.3 is 9.88 Å². The number of hydrogen-bond acceptors (Lipinski definition) is 4. The number of rotatable bonds is 4. The Morgan fingerprint density at radius 3 is 2.79 bits per heavy atom. The molecule has 0 radical (unpaired) electrons. The molecule has 1 aliphatic rings. The van der Waals surface area contributed by atoms with Gasteiger partial charge in [-0.25, -0.2) is 8.42 Å². The standard InChI is InChI=1S/C17H21N3O3S/c1-13-16-7-4-8-19(16)9-10-20(13)12-17(21)18-14-5-3-6-15(11-14)24(2,22)23/h3-8,11,13H,9-10,12H2,1-2H3,(H,18,21). The predicted octanol–water partition coefficient (Wildman–Crippen LogP) is 1.91. The first-order valence-corrected chi connectivity index (χ1v) is 9.73. The monoisotopic (exact) mass is 347 g/mol. The van der Waals surface area contributed by atoms with Crippen LogP contribution in [0.3, 0.4) is 0 Å². The Bertz CT molecular complexity index is 857. The molecule has 128 valence electrons. The minimum atomic E-state index is -3.29. The summed E-state index contributed by atoms with van der Waals surface area (Å²) >= 11 is 0. The van der Waals surface area contributed by atoms with Gasteiger partial charge in [-0.3, -0.25) is 9.69 Å². The van der Waals surface area contributed by atoms with E-state index in [2.05, 4.69) is 34.0 Å². The average Bonchev–Trinajstić information content (AvgIpc) is 2.99. The molecule has 6 nitrogen and oxygen atoms in total. The molecule has 1 aliphatic heterocycles. The molecule has 1 atom stereocenters. The van der Waals surface area contributed by atoms with Crippen molar-refractivity contribution in [2.75, 3.05) is 24.7 Å².